The number of carbonyl (C=O) groups excluding carboxylic acids is 1. The highest BCUT2D eigenvalue weighted by molar-refractivity contribution is 5.90. The number of nitrogen functional groups attached to an aromatic ring is 1. The average Bonchev–Trinajstić information content (AvgIpc) is 2.87. The third-order valence-corrected chi connectivity index (χ3v) is 2.63. The molecule has 4 N–H and O–H groups in total. The number of benzene rings is 1. The Morgan fingerprint density at radius 3 is 2.85 bits per heavy atom. The summed E-state index contributed by atoms with van der Waals surface area (Å²) in [6, 6.07) is 4.06. The van der Waals surface area contributed by atoms with E-state index in [1.54, 1.807) is 0 Å². The minimum Gasteiger partial charge on any atom is -0.490 e. The molecule has 6 nitrogen and oxygen atoms in total. The predicted molar refractivity (Wildman–Crippen MR) is 72.2 cm³/mol. The quantitative estimate of drug-likeness (QED) is 0.810. The Bertz CT molecular complexity index is 639. The largest absolute Gasteiger partial charge is 0.490 e. The molecule has 0 radical (unpaired) electrons. The summed E-state index contributed by atoms with van der Waals surface area (Å²) in [7, 11) is 0. The van der Waals surface area contributed by atoms with E-state index in [1.165, 1.54) is 23.0 Å². The van der Waals surface area contributed by atoms with Crippen LogP contribution in [0.15, 0.2) is 24.4 Å². The summed E-state index contributed by atoms with van der Waals surface area (Å²) in [5, 5.41) is 3.98. The van der Waals surface area contributed by atoms with Gasteiger partial charge in [-0.05, 0) is 12.5 Å². The Kier molecular flexibility index (Phi) is 3.88. The molecule has 0 aliphatic heterocycles. The van der Waals surface area contributed by atoms with Gasteiger partial charge in [-0.1, -0.05) is 6.92 Å². The van der Waals surface area contributed by atoms with Crippen LogP contribution < -0.4 is 16.2 Å². The number of nitrogens with zero attached hydrogens (tertiary/aromatic N) is 2. The highest BCUT2D eigenvalue weighted by Gasteiger charge is 2.13. The van der Waals surface area contributed by atoms with Crippen molar-refractivity contribution in [1.82, 2.24) is 9.78 Å². The number of anilines is 1. The second-order valence-electron chi connectivity index (χ2n) is 4.20. The lowest BCUT2D eigenvalue weighted by atomic mass is 10.2. The van der Waals surface area contributed by atoms with Crippen molar-refractivity contribution in [2.75, 3.05) is 12.3 Å². The minimum absolute atomic E-state index is 0.0900. The number of amides is 1. The summed E-state index contributed by atoms with van der Waals surface area (Å²) < 4.78 is 20.3. The fourth-order valence-corrected chi connectivity index (χ4v) is 1.67. The molecule has 20 heavy (non-hydrogen) atoms. The molecule has 1 aromatic heterocycles. The molecule has 0 spiro atoms. The van der Waals surface area contributed by atoms with E-state index in [2.05, 4.69) is 5.10 Å². The molecule has 0 unspecified atom stereocenters. The standard InChI is InChI=1S/C13H15FN4O2/c1-2-5-20-12-7-11(9(15)6-8(12)14)18-4-3-10(17-18)13(16)19/h3-4,6-7H,2,5,15H2,1H3,(H2,16,19). The van der Waals surface area contributed by atoms with E-state index < -0.39 is 11.7 Å². The molecule has 0 saturated heterocycles. The number of primary amides is 1. The number of hydrogen-bond acceptors (Lipinski definition) is 4. The van der Waals surface area contributed by atoms with Gasteiger partial charge in [-0.3, -0.25) is 4.79 Å². The number of aromatic nitrogens is 2. The molecule has 2 rings (SSSR count). The number of ether oxygens (including phenoxy) is 1. The normalized spacial score (nSPS) is 10.5. The Balaban J connectivity index is 2.41. The van der Waals surface area contributed by atoms with E-state index in [9.17, 15) is 9.18 Å². The molecule has 1 aromatic carbocycles. The first-order valence-corrected chi connectivity index (χ1v) is 6.10. The van der Waals surface area contributed by atoms with Gasteiger partial charge in [-0.2, -0.15) is 5.10 Å². The molecular formula is C13H15FN4O2. The minimum atomic E-state index is -0.646. The molecule has 0 aliphatic carbocycles. The van der Waals surface area contributed by atoms with E-state index in [-0.39, 0.29) is 17.1 Å². The van der Waals surface area contributed by atoms with Crippen LogP contribution in [-0.2, 0) is 0 Å². The van der Waals surface area contributed by atoms with E-state index >= 15 is 0 Å². The summed E-state index contributed by atoms with van der Waals surface area (Å²) in [6.07, 6.45) is 2.28. The summed E-state index contributed by atoms with van der Waals surface area (Å²) >= 11 is 0. The molecule has 1 amide bonds. The van der Waals surface area contributed by atoms with Crippen LogP contribution in [0.25, 0.3) is 5.69 Å². The van der Waals surface area contributed by atoms with Gasteiger partial charge < -0.3 is 16.2 Å². The maximum Gasteiger partial charge on any atom is 0.269 e. The Hall–Kier alpha value is -2.57. The van der Waals surface area contributed by atoms with Crippen molar-refractivity contribution in [1.29, 1.82) is 0 Å². The summed E-state index contributed by atoms with van der Waals surface area (Å²) in [4.78, 5) is 11.0. The SMILES string of the molecule is CCCOc1cc(-n2ccc(C(N)=O)n2)c(N)cc1F. The van der Waals surface area contributed by atoms with Crippen molar-refractivity contribution in [3.05, 3.63) is 35.9 Å². The summed E-state index contributed by atoms with van der Waals surface area (Å²) in [5.41, 5.74) is 11.6. The highest BCUT2D eigenvalue weighted by Crippen LogP contribution is 2.27. The monoisotopic (exact) mass is 278 g/mol. The highest BCUT2D eigenvalue weighted by atomic mass is 19.1. The molecule has 0 fully saturated rings. The first-order chi connectivity index (χ1) is 9.52. The molecule has 7 heteroatoms. The summed E-state index contributed by atoms with van der Waals surface area (Å²) in [6.45, 7) is 2.31. The predicted octanol–water partition coefficient (Wildman–Crippen LogP) is 1.48. The van der Waals surface area contributed by atoms with Crippen LogP contribution in [0.2, 0.25) is 0 Å². The van der Waals surface area contributed by atoms with Gasteiger partial charge in [0.05, 0.1) is 18.0 Å². The number of hydrogen-bond donors (Lipinski definition) is 2. The van der Waals surface area contributed by atoms with E-state index in [4.69, 9.17) is 16.2 Å². The Morgan fingerprint density at radius 1 is 1.50 bits per heavy atom. The van der Waals surface area contributed by atoms with Crippen molar-refractivity contribution >= 4 is 11.6 Å². The van der Waals surface area contributed by atoms with Crippen LogP contribution in [0.4, 0.5) is 10.1 Å². The molecule has 0 aliphatic rings. The van der Waals surface area contributed by atoms with Crippen LogP contribution in [0, 0.1) is 5.82 Å². The second kappa shape index (κ2) is 5.60. The van der Waals surface area contributed by atoms with Crippen LogP contribution >= 0.6 is 0 Å². The van der Waals surface area contributed by atoms with Gasteiger partial charge in [0.25, 0.3) is 5.91 Å². The van der Waals surface area contributed by atoms with Crippen LogP contribution in [0.5, 0.6) is 5.75 Å². The van der Waals surface area contributed by atoms with Gasteiger partial charge in [0.15, 0.2) is 11.6 Å². The number of carbonyl (C=O) groups is 1. The molecule has 0 saturated carbocycles. The lowest BCUT2D eigenvalue weighted by Crippen LogP contribution is -2.12. The molecular weight excluding hydrogens is 263 g/mol. The number of nitrogens with two attached hydrogens (primary N) is 2. The first-order valence-electron chi connectivity index (χ1n) is 6.10. The van der Waals surface area contributed by atoms with E-state index in [0.29, 0.717) is 12.3 Å². The fourth-order valence-electron chi connectivity index (χ4n) is 1.67. The van der Waals surface area contributed by atoms with Gasteiger partial charge in [-0.25, -0.2) is 9.07 Å². The number of halogens is 1. The zero-order valence-electron chi connectivity index (χ0n) is 11.0. The zero-order valence-corrected chi connectivity index (χ0v) is 11.0. The Labute approximate surface area is 115 Å². The third-order valence-electron chi connectivity index (χ3n) is 2.63. The van der Waals surface area contributed by atoms with Gasteiger partial charge in [0.2, 0.25) is 0 Å². The lowest BCUT2D eigenvalue weighted by Gasteiger charge is -2.11. The molecule has 0 atom stereocenters. The van der Waals surface area contributed by atoms with Gasteiger partial charge in [0, 0.05) is 18.3 Å². The maximum atomic E-state index is 13.7. The van der Waals surface area contributed by atoms with Crippen molar-refractivity contribution in [3.63, 3.8) is 0 Å². The topological polar surface area (TPSA) is 96.2 Å². The second-order valence-corrected chi connectivity index (χ2v) is 4.20. The third kappa shape index (κ3) is 2.71. The van der Waals surface area contributed by atoms with Crippen LogP contribution in [0.3, 0.4) is 0 Å². The summed E-state index contributed by atoms with van der Waals surface area (Å²) in [5.74, 6) is -1.10. The van der Waals surface area contributed by atoms with Crippen molar-refractivity contribution in [3.8, 4) is 11.4 Å². The zero-order chi connectivity index (χ0) is 14.7. The Morgan fingerprint density at radius 2 is 2.25 bits per heavy atom. The molecule has 2 aromatic rings. The maximum absolute atomic E-state index is 13.7. The van der Waals surface area contributed by atoms with E-state index in [0.717, 1.165) is 12.5 Å². The van der Waals surface area contributed by atoms with Crippen molar-refractivity contribution in [2.24, 2.45) is 5.73 Å². The van der Waals surface area contributed by atoms with E-state index in [1.807, 2.05) is 6.92 Å². The molecule has 1 heterocycles. The number of rotatable bonds is 5. The van der Waals surface area contributed by atoms with Gasteiger partial charge >= 0.3 is 0 Å². The molecule has 0 bridgehead atoms. The van der Waals surface area contributed by atoms with Gasteiger partial charge in [-0.15, -0.1) is 0 Å². The smallest absolute Gasteiger partial charge is 0.269 e. The lowest BCUT2D eigenvalue weighted by molar-refractivity contribution is 0.0995. The average molecular weight is 278 g/mol. The fraction of sp³-hybridized carbons (Fsp3) is 0.231. The van der Waals surface area contributed by atoms with Crippen LogP contribution in [-0.4, -0.2) is 22.3 Å². The van der Waals surface area contributed by atoms with Crippen molar-refractivity contribution < 1.29 is 13.9 Å². The molecule has 106 valence electrons. The van der Waals surface area contributed by atoms with Crippen molar-refractivity contribution in [2.45, 2.75) is 13.3 Å². The first kappa shape index (κ1) is 13.9. The van der Waals surface area contributed by atoms with Crippen LogP contribution in [0.1, 0.15) is 23.8 Å². The van der Waals surface area contributed by atoms with Gasteiger partial charge in [0.1, 0.15) is 5.69 Å².